The predicted molar refractivity (Wildman–Crippen MR) is 115 cm³/mol. The maximum atomic E-state index is 10.7. The highest BCUT2D eigenvalue weighted by atomic mass is 32.1. The first kappa shape index (κ1) is 19.5. The fourth-order valence-electron chi connectivity index (χ4n) is 2.84. The molecule has 2 N–H and O–H groups in total. The number of aromatic nitrogens is 2. The maximum absolute atomic E-state index is 10.7. The number of nitro benzene ring substituents is 1. The Bertz CT molecular complexity index is 1010. The molecule has 0 unspecified atom stereocenters. The fourth-order valence-corrected chi connectivity index (χ4v) is 3.06. The quantitative estimate of drug-likeness (QED) is 0.374. The van der Waals surface area contributed by atoms with E-state index in [1.54, 1.807) is 12.1 Å². The summed E-state index contributed by atoms with van der Waals surface area (Å²) in [6.07, 6.45) is 0. The number of rotatable bonds is 5. The van der Waals surface area contributed by atoms with Crippen molar-refractivity contribution in [2.75, 3.05) is 10.6 Å². The number of anilines is 2. The van der Waals surface area contributed by atoms with Crippen molar-refractivity contribution in [2.45, 2.75) is 27.3 Å². The molecular weight excluding hydrogens is 374 g/mol. The van der Waals surface area contributed by atoms with E-state index < -0.39 is 4.92 Å². The monoisotopic (exact) mass is 395 g/mol. The number of non-ortho nitro benzene ring substituents is 1. The molecule has 0 spiro atoms. The Morgan fingerprint density at radius 2 is 1.71 bits per heavy atom. The van der Waals surface area contributed by atoms with Crippen LogP contribution in [-0.4, -0.2) is 19.8 Å². The average molecular weight is 395 g/mol. The van der Waals surface area contributed by atoms with E-state index in [1.807, 2.05) is 18.5 Å². The molecule has 0 amide bonds. The summed E-state index contributed by atoms with van der Waals surface area (Å²) < 4.78 is 1.94. The number of nitrogens with one attached hydrogen (secondary N) is 2. The third-order valence-electron chi connectivity index (χ3n) is 4.41. The van der Waals surface area contributed by atoms with E-state index in [0.29, 0.717) is 17.3 Å². The van der Waals surface area contributed by atoms with Crippen LogP contribution in [0.25, 0.3) is 0 Å². The zero-order chi connectivity index (χ0) is 20.3. The van der Waals surface area contributed by atoms with Crippen molar-refractivity contribution in [3.63, 3.8) is 0 Å². The van der Waals surface area contributed by atoms with Crippen molar-refractivity contribution in [3.8, 4) is 0 Å². The SMILES string of the molecule is Cc1ccc(Cn2nc(C)c(NC(=S)Nc3ccc([N+](=O)[O-])cc3)c2C)cc1. The molecular formula is C20H21N5O2S. The highest BCUT2D eigenvalue weighted by Crippen LogP contribution is 2.21. The van der Waals surface area contributed by atoms with Crippen LogP contribution < -0.4 is 10.6 Å². The van der Waals surface area contributed by atoms with Gasteiger partial charge in [0.25, 0.3) is 5.69 Å². The average Bonchev–Trinajstić information content (AvgIpc) is 2.91. The van der Waals surface area contributed by atoms with Gasteiger partial charge in [-0.15, -0.1) is 0 Å². The van der Waals surface area contributed by atoms with Gasteiger partial charge in [0.05, 0.1) is 28.5 Å². The van der Waals surface area contributed by atoms with Crippen molar-refractivity contribution >= 4 is 34.4 Å². The summed E-state index contributed by atoms with van der Waals surface area (Å²) in [5.74, 6) is 0. The Balaban J connectivity index is 1.69. The number of nitro groups is 1. The summed E-state index contributed by atoms with van der Waals surface area (Å²) in [4.78, 5) is 10.3. The Hall–Kier alpha value is -3.26. The number of nitrogens with zero attached hydrogens (tertiary/aromatic N) is 3. The third-order valence-corrected chi connectivity index (χ3v) is 4.61. The van der Waals surface area contributed by atoms with E-state index >= 15 is 0 Å². The standard InChI is InChI=1S/C20H21N5O2S/c1-13-4-6-16(7-5-13)12-24-15(3)19(14(2)23-24)22-20(28)21-17-8-10-18(11-9-17)25(26)27/h4-11H,12H2,1-3H3,(H2,21,22,28). The molecule has 7 nitrogen and oxygen atoms in total. The van der Waals surface area contributed by atoms with Gasteiger partial charge in [-0.05, 0) is 50.7 Å². The van der Waals surface area contributed by atoms with E-state index in [0.717, 1.165) is 17.1 Å². The normalized spacial score (nSPS) is 10.5. The molecule has 0 aliphatic carbocycles. The maximum Gasteiger partial charge on any atom is 0.269 e. The summed E-state index contributed by atoms with van der Waals surface area (Å²) in [6, 6.07) is 14.5. The molecule has 0 saturated heterocycles. The molecule has 0 aliphatic rings. The first-order valence-electron chi connectivity index (χ1n) is 8.75. The minimum atomic E-state index is -0.435. The molecule has 28 heavy (non-hydrogen) atoms. The van der Waals surface area contributed by atoms with Crippen molar-refractivity contribution in [1.82, 2.24) is 9.78 Å². The summed E-state index contributed by atoms with van der Waals surface area (Å²) in [5.41, 5.74) is 5.78. The second-order valence-corrected chi connectivity index (χ2v) is 6.98. The van der Waals surface area contributed by atoms with Crippen LogP contribution in [0.5, 0.6) is 0 Å². The summed E-state index contributed by atoms with van der Waals surface area (Å²) in [7, 11) is 0. The van der Waals surface area contributed by atoms with E-state index in [9.17, 15) is 10.1 Å². The van der Waals surface area contributed by atoms with Gasteiger partial charge in [0.2, 0.25) is 0 Å². The van der Waals surface area contributed by atoms with Gasteiger partial charge in [-0.2, -0.15) is 5.10 Å². The van der Waals surface area contributed by atoms with Crippen LogP contribution in [-0.2, 0) is 6.54 Å². The summed E-state index contributed by atoms with van der Waals surface area (Å²) in [5, 5.41) is 22.0. The molecule has 0 radical (unpaired) electrons. The first-order chi connectivity index (χ1) is 13.3. The molecule has 3 aromatic rings. The molecule has 0 saturated carbocycles. The number of aryl methyl sites for hydroxylation is 2. The Morgan fingerprint density at radius 1 is 1.07 bits per heavy atom. The van der Waals surface area contributed by atoms with Crippen LogP contribution in [0.1, 0.15) is 22.5 Å². The van der Waals surface area contributed by atoms with Crippen molar-refractivity contribution in [2.24, 2.45) is 0 Å². The fraction of sp³-hybridized carbons (Fsp3) is 0.200. The van der Waals surface area contributed by atoms with Crippen LogP contribution in [0, 0.1) is 30.9 Å². The Kier molecular flexibility index (Phi) is 5.70. The second-order valence-electron chi connectivity index (χ2n) is 6.57. The van der Waals surface area contributed by atoms with Gasteiger partial charge in [0, 0.05) is 17.8 Å². The lowest BCUT2D eigenvalue weighted by atomic mass is 10.1. The van der Waals surface area contributed by atoms with Gasteiger partial charge in [0.1, 0.15) is 0 Å². The van der Waals surface area contributed by atoms with Crippen LogP contribution in [0.2, 0.25) is 0 Å². The van der Waals surface area contributed by atoms with Gasteiger partial charge < -0.3 is 10.6 Å². The number of hydrogen-bond donors (Lipinski definition) is 2. The van der Waals surface area contributed by atoms with Gasteiger partial charge >= 0.3 is 0 Å². The minimum absolute atomic E-state index is 0.0356. The van der Waals surface area contributed by atoms with Crippen LogP contribution in [0.15, 0.2) is 48.5 Å². The largest absolute Gasteiger partial charge is 0.332 e. The number of benzene rings is 2. The highest BCUT2D eigenvalue weighted by Gasteiger charge is 2.13. The van der Waals surface area contributed by atoms with Crippen LogP contribution >= 0.6 is 12.2 Å². The molecule has 0 atom stereocenters. The summed E-state index contributed by atoms with van der Waals surface area (Å²) >= 11 is 5.38. The molecule has 0 bridgehead atoms. The van der Waals surface area contributed by atoms with Gasteiger partial charge in [-0.1, -0.05) is 29.8 Å². The molecule has 2 aromatic carbocycles. The van der Waals surface area contributed by atoms with Crippen molar-refractivity contribution in [1.29, 1.82) is 0 Å². The van der Waals surface area contributed by atoms with Crippen LogP contribution in [0.3, 0.4) is 0 Å². The molecule has 1 heterocycles. The minimum Gasteiger partial charge on any atom is -0.332 e. The van der Waals surface area contributed by atoms with Gasteiger partial charge in [-0.3, -0.25) is 14.8 Å². The lowest BCUT2D eigenvalue weighted by molar-refractivity contribution is -0.384. The Morgan fingerprint density at radius 3 is 2.32 bits per heavy atom. The molecule has 0 fully saturated rings. The van der Waals surface area contributed by atoms with Gasteiger partial charge in [0.15, 0.2) is 5.11 Å². The van der Waals surface area contributed by atoms with Crippen molar-refractivity contribution in [3.05, 3.63) is 81.2 Å². The highest BCUT2D eigenvalue weighted by molar-refractivity contribution is 7.80. The summed E-state index contributed by atoms with van der Waals surface area (Å²) in [6.45, 7) is 6.66. The number of thiocarbonyl (C=S) groups is 1. The van der Waals surface area contributed by atoms with E-state index in [-0.39, 0.29) is 5.69 Å². The zero-order valence-electron chi connectivity index (χ0n) is 15.9. The molecule has 1 aromatic heterocycles. The molecule has 3 rings (SSSR count). The molecule has 8 heteroatoms. The zero-order valence-corrected chi connectivity index (χ0v) is 16.7. The second kappa shape index (κ2) is 8.18. The predicted octanol–water partition coefficient (Wildman–Crippen LogP) is 4.57. The van der Waals surface area contributed by atoms with E-state index in [4.69, 9.17) is 12.2 Å². The third kappa shape index (κ3) is 4.52. The van der Waals surface area contributed by atoms with Crippen molar-refractivity contribution < 1.29 is 4.92 Å². The Labute approximate surface area is 168 Å². The molecule has 0 aliphatic heterocycles. The number of hydrogen-bond acceptors (Lipinski definition) is 4. The van der Waals surface area contributed by atoms with E-state index in [2.05, 4.69) is 46.9 Å². The van der Waals surface area contributed by atoms with Gasteiger partial charge in [-0.25, -0.2) is 0 Å². The van der Waals surface area contributed by atoms with E-state index in [1.165, 1.54) is 23.3 Å². The lowest BCUT2D eigenvalue weighted by Crippen LogP contribution is -2.20. The van der Waals surface area contributed by atoms with Crippen LogP contribution in [0.4, 0.5) is 17.1 Å². The molecule has 144 valence electrons. The first-order valence-corrected chi connectivity index (χ1v) is 9.16. The smallest absolute Gasteiger partial charge is 0.269 e. The lowest BCUT2D eigenvalue weighted by Gasteiger charge is -2.11. The topological polar surface area (TPSA) is 85.0 Å².